The molecule has 7 nitrogen and oxygen atoms in total. The number of aromatic nitrogens is 2. The van der Waals surface area contributed by atoms with Crippen molar-refractivity contribution in [2.45, 2.75) is 6.42 Å². The maximum atomic E-state index is 11.8. The highest BCUT2D eigenvalue weighted by Gasteiger charge is 2.08. The Bertz CT molecular complexity index is 857. The number of methoxy groups -OCH3 is 1. The fourth-order valence-corrected chi connectivity index (χ4v) is 2.84. The topological polar surface area (TPSA) is 88.3 Å². The number of benzene rings is 1. The Kier molecular flexibility index (Phi) is 6.34. The van der Waals surface area contributed by atoms with Crippen molar-refractivity contribution in [1.29, 1.82) is 0 Å². The molecule has 0 saturated heterocycles. The Balaban J connectivity index is 1.60. The number of hydrogen-bond donors (Lipinski definition) is 3. The van der Waals surface area contributed by atoms with E-state index in [4.69, 9.17) is 8.92 Å². The monoisotopic (exact) mass is 372 g/mol. The first-order valence-electron chi connectivity index (χ1n) is 8.15. The van der Waals surface area contributed by atoms with E-state index in [0.29, 0.717) is 24.8 Å². The molecule has 0 atom stereocenters. The zero-order valence-corrected chi connectivity index (χ0v) is 15.1. The van der Waals surface area contributed by atoms with E-state index in [1.54, 1.807) is 7.11 Å². The Labute approximate surface area is 155 Å². The molecule has 0 aliphatic heterocycles. The summed E-state index contributed by atoms with van der Waals surface area (Å²) in [5.41, 5.74) is 1.53. The lowest BCUT2D eigenvalue weighted by Gasteiger charge is -2.05. The average molecular weight is 372 g/mol. The molecule has 3 N–H and O–H groups in total. The van der Waals surface area contributed by atoms with Gasteiger partial charge in [0.1, 0.15) is 5.75 Å². The fraction of sp³-hybridized carbons (Fsp3) is 0.222. The van der Waals surface area contributed by atoms with Gasteiger partial charge in [-0.15, -0.1) is 0 Å². The molecule has 0 saturated carbocycles. The first kappa shape index (κ1) is 18.1. The van der Waals surface area contributed by atoms with Crippen LogP contribution in [0.1, 0.15) is 6.42 Å². The second-order valence-electron chi connectivity index (χ2n) is 5.45. The molecule has 0 unspecified atom stereocenters. The molecule has 0 bridgehead atoms. The van der Waals surface area contributed by atoms with Crippen LogP contribution >= 0.6 is 12.0 Å². The van der Waals surface area contributed by atoms with Crippen molar-refractivity contribution in [3.63, 3.8) is 0 Å². The molecule has 1 aromatic carbocycles. The van der Waals surface area contributed by atoms with E-state index >= 15 is 0 Å². The summed E-state index contributed by atoms with van der Waals surface area (Å²) in [6.45, 7) is 0.881. The molecule has 1 aromatic heterocycles. The van der Waals surface area contributed by atoms with Crippen LogP contribution in [0.2, 0.25) is 0 Å². The fourth-order valence-electron chi connectivity index (χ4n) is 2.24. The number of carbonyl (C=O) groups is 1. The summed E-state index contributed by atoms with van der Waals surface area (Å²) in [4.78, 5) is 20.3. The van der Waals surface area contributed by atoms with E-state index in [9.17, 15) is 4.79 Å². The summed E-state index contributed by atoms with van der Waals surface area (Å²) in [5, 5.41) is 5.33. The number of carbonyl (C=O) groups excluding carboxylic acids is 1. The van der Waals surface area contributed by atoms with Crippen LogP contribution in [-0.4, -0.2) is 36.3 Å². The second kappa shape index (κ2) is 9.12. The molecular formula is C18H20N4O3S. The quantitative estimate of drug-likeness (QED) is 0.509. The van der Waals surface area contributed by atoms with Gasteiger partial charge in [-0.2, -0.15) is 0 Å². The lowest BCUT2D eigenvalue weighted by Crippen LogP contribution is -2.31. The van der Waals surface area contributed by atoms with Gasteiger partial charge in [-0.05, 0) is 24.6 Å². The van der Waals surface area contributed by atoms with Crippen molar-refractivity contribution in [3.05, 3.63) is 53.5 Å². The highest BCUT2D eigenvalue weighted by atomic mass is 32.2. The standard InChI is InChI=1S/C18H20N4O3S/c1-24-11-10-19-18(23)22-17-20-15-9-8-13(12-16(15)21-17)25-26-14-6-4-2-3-5-7-14/h2-6,8-9,12H,7,10-11H2,1H3,(H3,19,20,21,22,23). The Hall–Kier alpha value is -2.71. The smallest absolute Gasteiger partial charge is 0.321 e. The van der Waals surface area contributed by atoms with Crippen LogP contribution in [0.3, 0.4) is 0 Å². The molecule has 1 heterocycles. The first-order valence-corrected chi connectivity index (χ1v) is 8.89. The molecule has 2 aromatic rings. The van der Waals surface area contributed by atoms with Crippen LogP contribution < -0.4 is 14.8 Å². The number of rotatable bonds is 7. The maximum Gasteiger partial charge on any atom is 0.321 e. The van der Waals surface area contributed by atoms with E-state index in [2.05, 4.69) is 26.7 Å². The molecule has 8 heteroatoms. The number of anilines is 1. The van der Waals surface area contributed by atoms with Gasteiger partial charge in [0.05, 0.1) is 29.7 Å². The number of urea groups is 1. The summed E-state index contributed by atoms with van der Waals surface area (Å²) >= 11 is 1.33. The molecule has 2 amide bonds. The molecule has 136 valence electrons. The minimum absolute atomic E-state index is 0.338. The van der Waals surface area contributed by atoms with Gasteiger partial charge in [-0.3, -0.25) is 5.32 Å². The second-order valence-corrected chi connectivity index (χ2v) is 6.31. The lowest BCUT2D eigenvalue weighted by atomic mass is 10.3. The number of fused-ring (bicyclic) bond motifs is 1. The van der Waals surface area contributed by atoms with E-state index in [0.717, 1.165) is 22.4 Å². The van der Waals surface area contributed by atoms with E-state index < -0.39 is 0 Å². The van der Waals surface area contributed by atoms with Crippen molar-refractivity contribution in [1.82, 2.24) is 15.3 Å². The van der Waals surface area contributed by atoms with Gasteiger partial charge in [0.25, 0.3) is 0 Å². The van der Waals surface area contributed by atoms with Gasteiger partial charge >= 0.3 is 6.03 Å². The van der Waals surface area contributed by atoms with Gasteiger partial charge in [-0.25, -0.2) is 9.78 Å². The molecular weight excluding hydrogens is 352 g/mol. The highest BCUT2D eigenvalue weighted by Crippen LogP contribution is 2.28. The third-order valence-corrected chi connectivity index (χ3v) is 4.27. The lowest BCUT2D eigenvalue weighted by molar-refractivity contribution is 0.198. The minimum atomic E-state index is -0.338. The Morgan fingerprint density at radius 3 is 3.15 bits per heavy atom. The van der Waals surface area contributed by atoms with Gasteiger partial charge in [0.2, 0.25) is 5.95 Å². The predicted octanol–water partition coefficient (Wildman–Crippen LogP) is 3.76. The van der Waals surface area contributed by atoms with Crippen molar-refractivity contribution >= 4 is 35.1 Å². The number of ether oxygens (including phenoxy) is 1. The summed E-state index contributed by atoms with van der Waals surface area (Å²) in [6, 6.07) is 5.21. The van der Waals surface area contributed by atoms with Crippen LogP contribution in [-0.2, 0) is 4.74 Å². The number of hydrogen-bond acceptors (Lipinski definition) is 5. The molecule has 1 aliphatic carbocycles. The summed E-state index contributed by atoms with van der Waals surface area (Å²) in [7, 11) is 1.58. The van der Waals surface area contributed by atoms with Crippen LogP contribution in [0, 0.1) is 0 Å². The number of nitrogens with zero attached hydrogens (tertiary/aromatic N) is 1. The number of aromatic amines is 1. The SMILES string of the molecule is COCCNC(=O)Nc1nc2ccc(OSC3=CC=CC=CC3)cc2[nH]1. The largest absolute Gasteiger partial charge is 0.421 e. The Morgan fingerprint density at radius 1 is 1.35 bits per heavy atom. The summed E-state index contributed by atoms with van der Waals surface area (Å²) in [5.74, 6) is 1.09. The summed E-state index contributed by atoms with van der Waals surface area (Å²) < 4.78 is 10.7. The molecule has 0 spiro atoms. The number of allylic oxidation sites excluding steroid dienone is 6. The normalized spacial score (nSPS) is 13.3. The molecule has 0 radical (unpaired) electrons. The van der Waals surface area contributed by atoms with Gasteiger partial charge < -0.3 is 19.2 Å². The third kappa shape index (κ3) is 5.14. The van der Waals surface area contributed by atoms with Crippen molar-refractivity contribution in [2.75, 3.05) is 25.6 Å². The molecule has 0 fully saturated rings. The summed E-state index contributed by atoms with van der Waals surface area (Å²) in [6.07, 6.45) is 11.0. The van der Waals surface area contributed by atoms with Crippen molar-refractivity contribution in [2.24, 2.45) is 0 Å². The first-order chi connectivity index (χ1) is 12.7. The minimum Gasteiger partial charge on any atom is -0.421 e. The van der Waals surface area contributed by atoms with E-state index in [1.165, 1.54) is 12.0 Å². The number of nitrogens with one attached hydrogen (secondary N) is 3. The van der Waals surface area contributed by atoms with Crippen molar-refractivity contribution in [3.8, 4) is 5.75 Å². The molecule has 1 aliphatic rings. The number of imidazole rings is 1. The van der Waals surface area contributed by atoms with Crippen molar-refractivity contribution < 1.29 is 13.7 Å². The van der Waals surface area contributed by atoms with E-state index in [-0.39, 0.29) is 6.03 Å². The zero-order valence-electron chi connectivity index (χ0n) is 14.3. The van der Waals surface area contributed by atoms with Crippen LogP contribution in [0.15, 0.2) is 53.5 Å². The molecule has 3 rings (SSSR count). The van der Waals surface area contributed by atoms with Crippen LogP contribution in [0.4, 0.5) is 10.7 Å². The molecule has 26 heavy (non-hydrogen) atoms. The van der Waals surface area contributed by atoms with E-state index in [1.807, 2.05) is 42.5 Å². The van der Waals surface area contributed by atoms with Gasteiger partial charge in [-0.1, -0.05) is 24.3 Å². The number of H-pyrrole nitrogens is 1. The van der Waals surface area contributed by atoms with Crippen LogP contribution in [0.25, 0.3) is 11.0 Å². The Morgan fingerprint density at radius 2 is 2.27 bits per heavy atom. The number of amides is 2. The van der Waals surface area contributed by atoms with Crippen LogP contribution in [0.5, 0.6) is 5.75 Å². The maximum absolute atomic E-state index is 11.8. The third-order valence-electron chi connectivity index (χ3n) is 3.48. The predicted molar refractivity (Wildman–Crippen MR) is 104 cm³/mol. The zero-order chi connectivity index (χ0) is 18.2. The van der Waals surface area contributed by atoms with Gasteiger partial charge in [0.15, 0.2) is 0 Å². The highest BCUT2D eigenvalue weighted by molar-refractivity contribution is 7.98. The van der Waals surface area contributed by atoms with Gasteiger partial charge in [0, 0.05) is 24.6 Å². The average Bonchev–Trinajstić information content (AvgIpc) is 2.84.